The van der Waals surface area contributed by atoms with Crippen LogP contribution in [0.5, 0.6) is 0 Å². The van der Waals surface area contributed by atoms with Crippen LogP contribution in [0.15, 0.2) is 24.3 Å². The van der Waals surface area contributed by atoms with Crippen molar-refractivity contribution in [1.82, 2.24) is 14.7 Å². The van der Waals surface area contributed by atoms with Crippen LogP contribution in [0.4, 0.5) is 4.39 Å². The second kappa shape index (κ2) is 7.97. The molecule has 140 valence electrons. The second-order valence-corrected chi connectivity index (χ2v) is 6.57. The van der Waals surface area contributed by atoms with E-state index in [0.29, 0.717) is 31.9 Å². The zero-order valence-corrected chi connectivity index (χ0v) is 15.1. The minimum atomic E-state index is -0.783. The zero-order valence-electron chi connectivity index (χ0n) is 15.1. The Hall–Kier alpha value is -2.25. The van der Waals surface area contributed by atoms with Crippen molar-refractivity contribution in [3.8, 4) is 5.69 Å². The fourth-order valence-corrected chi connectivity index (χ4v) is 3.60. The number of para-hydroxylation sites is 1. The number of aryl methyl sites for hydroxylation is 1. The van der Waals surface area contributed by atoms with Crippen molar-refractivity contribution in [1.29, 1.82) is 0 Å². The van der Waals surface area contributed by atoms with Gasteiger partial charge in [0.1, 0.15) is 11.5 Å². The van der Waals surface area contributed by atoms with E-state index in [1.54, 1.807) is 22.9 Å². The highest BCUT2D eigenvalue weighted by molar-refractivity contribution is 5.66. The van der Waals surface area contributed by atoms with Gasteiger partial charge in [-0.25, -0.2) is 9.07 Å². The maximum atomic E-state index is 14.2. The molecule has 1 fully saturated rings. The summed E-state index contributed by atoms with van der Waals surface area (Å²) in [6, 6.07) is 6.58. The summed E-state index contributed by atoms with van der Waals surface area (Å²) in [7, 11) is 0. The third-order valence-corrected chi connectivity index (χ3v) is 4.84. The lowest BCUT2D eigenvalue weighted by molar-refractivity contribution is -0.137. The van der Waals surface area contributed by atoms with E-state index in [-0.39, 0.29) is 18.3 Å². The van der Waals surface area contributed by atoms with Gasteiger partial charge < -0.3 is 9.84 Å². The molecule has 0 bridgehead atoms. The Morgan fingerprint density at radius 3 is 2.88 bits per heavy atom. The molecule has 0 spiro atoms. The van der Waals surface area contributed by atoms with Crippen molar-refractivity contribution in [3.05, 3.63) is 47.0 Å². The Morgan fingerprint density at radius 1 is 1.38 bits per heavy atom. The Kier molecular flexibility index (Phi) is 5.68. The van der Waals surface area contributed by atoms with Crippen LogP contribution in [0.3, 0.4) is 0 Å². The molecule has 0 aliphatic carbocycles. The number of morpholine rings is 1. The number of carbonyl (C=O) groups is 1. The lowest BCUT2D eigenvalue weighted by atomic mass is 10.0. The van der Waals surface area contributed by atoms with Gasteiger partial charge in [-0.2, -0.15) is 5.10 Å². The molecule has 3 rings (SSSR count). The van der Waals surface area contributed by atoms with E-state index in [2.05, 4.69) is 10.00 Å². The number of aromatic nitrogens is 2. The summed E-state index contributed by atoms with van der Waals surface area (Å²) in [6.07, 6.45) is 0.738. The van der Waals surface area contributed by atoms with Crippen LogP contribution in [0.1, 0.15) is 35.8 Å². The van der Waals surface area contributed by atoms with Crippen LogP contribution in [0, 0.1) is 19.7 Å². The van der Waals surface area contributed by atoms with Gasteiger partial charge in [0, 0.05) is 24.2 Å². The minimum Gasteiger partial charge on any atom is -0.481 e. The molecule has 1 saturated heterocycles. The average molecular weight is 361 g/mol. The third kappa shape index (κ3) is 3.78. The van der Waals surface area contributed by atoms with Gasteiger partial charge in [0.25, 0.3) is 0 Å². The van der Waals surface area contributed by atoms with Crippen LogP contribution >= 0.6 is 0 Å². The first kappa shape index (κ1) is 18.5. The number of aliphatic carboxylic acids is 1. The van der Waals surface area contributed by atoms with Crippen LogP contribution in [-0.4, -0.2) is 52.1 Å². The van der Waals surface area contributed by atoms with Crippen molar-refractivity contribution < 1.29 is 19.0 Å². The molecular weight excluding hydrogens is 337 g/mol. The molecule has 0 saturated carbocycles. The van der Waals surface area contributed by atoms with Crippen LogP contribution in [0.25, 0.3) is 5.69 Å². The summed E-state index contributed by atoms with van der Waals surface area (Å²) >= 11 is 0. The molecule has 1 atom stereocenters. The molecule has 1 N–H and O–H groups in total. The normalized spacial score (nSPS) is 18.2. The summed E-state index contributed by atoms with van der Waals surface area (Å²) in [6.45, 7) is 6.44. The van der Waals surface area contributed by atoms with E-state index in [1.165, 1.54) is 6.07 Å². The molecule has 6 nitrogen and oxygen atoms in total. The van der Waals surface area contributed by atoms with E-state index in [0.717, 1.165) is 23.5 Å². The van der Waals surface area contributed by atoms with Crippen LogP contribution in [0.2, 0.25) is 0 Å². The summed E-state index contributed by atoms with van der Waals surface area (Å²) in [5.74, 6) is -1.10. The van der Waals surface area contributed by atoms with Crippen LogP contribution in [-0.2, 0) is 9.53 Å². The van der Waals surface area contributed by atoms with Crippen LogP contribution < -0.4 is 0 Å². The lowest BCUT2D eigenvalue weighted by Crippen LogP contribution is -2.40. The summed E-state index contributed by atoms with van der Waals surface area (Å²) in [5.41, 5.74) is 3.17. The average Bonchev–Trinajstić information content (AvgIpc) is 2.90. The third-order valence-electron chi connectivity index (χ3n) is 4.84. The van der Waals surface area contributed by atoms with Crippen molar-refractivity contribution in [2.45, 2.75) is 32.7 Å². The zero-order chi connectivity index (χ0) is 18.7. The number of rotatable bonds is 6. The SMILES string of the molecule is Cc1nn(-c2ccccc2F)c(C)c1C1COCCN1CCCC(=O)O. The van der Waals surface area contributed by atoms with Gasteiger partial charge in [0.05, 0.1) is 24.9 Å². The van der Waals surface area contributed by atoms with Gasteiger partial charge in [0.2, 0.25) is 0 Å². The largest absolute Gasteiger partial charge is 0.481 e. The van der Waals surface area contributed by atoms with Crippen molar-refractivity contribution in [2.75, 3.05) is 26.3 Å². The molecular formula is C19H24FN3O3. The Bertz CT molecular complexity index is 790. The fraction of sp³-hybridized carbons (Fsp3) is 0.474. The van der Waals surface area contributed by atoms with E-state index >= 15 is 0 Å². The summed E-state index contributed by atoms with van der Waals surface area (Å²) in [4.78, 5) is 13.0. The standard InChI is InChI=1S/C19H24FN3O3/c1-13-19(14(2)23(21-13)16-7-4-3-6-15(16)20)17-12-26-11-10-22(17)9-5-8-18(24)25/h3-4,6-7,17H,5,8-12H2,1-2H3,(H,24,25). The lowest BCUT2D eigenvalue weighted by Gasteiger charge is -2.36. The summed E-state index contributed by atoms with van der Waals surface area (Å²) < 4.78 is 21.5. The van der Waals surface area contributed by atoms with Crippen molar-refractivity contribution in [3.63, 3.8) is 0 Å². The Morgan fingerprint density at radius 2 is 2.15 bits per heavy atom. The van der Waals surface area contributed by atoms with Gasteiger partial charge in [-0.1, -0.05) is 12.1 Å². The molecule has 0 radical (unpaired) electrons. The van der Waals surface area contributed by atoms with Crippen molar-refractivity contribution >= 4 is 5.97 Å². The van der Waals surface area contributed by atoms with E-state index in [1.807, 2.05) is 13.8 Å². The highest BCUT2D eigenvalue weighted by atomic mass is 19.1. The predicted octanol–water partition coefficient (Wildman–Crippen LogP) is 2.87. The second-order valence-electron chi connectivity index (χ2n) is 6.57. The topological polar surface area (TPSA) is 67.6 Å². The smallest absolute Gasteiger partial charge is 0.303 e. The van der Waals surface area contributed by atoms with Gasteiger partial charge in [0.15, 0.2) is 0 Å². The van der Waals surface area contributed by atoms with Crippen molar-refractivity contribution in [2.24, 2.45) is 0 Å². The molecule has 1 aromatic heterocycles. The van der Waals surface area contributed by atoms with E-state index in [4.69, 9.17) is 9.84 Å². The number of hydrogen-bond donors (Lipinski definition) is 1. The molecule has 2 heterocycles. The number of hydrogen-bond acceptors (Lipinski definition) is 4. The monoisotopic (exact) mass is 361 g/mol. The first-order valence-electron chi connectivity index (χ1n) is 8.83. The van der Waals surface area contributed by atoms with Gasteiger partial charge >= 0.3 is 5.97 Å². The first-order chi connectivity index (χ1) is 12.5. The highest BCUT2D eigenvalue weighted by Gasteiger charge is 2.30. The minimum absolute atomic E-state index is 0.00179. The number of nitrogens with zero attached hydrogens (tertiary/aromatic N) is 3. The predicted molar refractivity (Wildman–Crippen MR) is 95.0 cm³/mol. The number of benzene rings is 1. The molecule has 0 amide bonds. The number of carboxylic acids is 1. The van der Waals surface area contributed by atoms with Gasteiger partial charge in [-0.05, 0) is 38.9 Å². The van der Waals surface area contributed by atoms with E-state index in [9.17, 15) is 9.18 Å². The number of halogens is 1. The molecule has 1 unspecified atom stereocenters. The highest BCUT2D eigenvalue weighted by Crippen LogP contribution is 2.31. The molecule has 1 aromatic carbocycles. The fourth-order valence-electron chi connectivity index (χ4n) is 3.60. The maximum absolute atomic E-state index is 14.2. The molecule has 26 heavy (non-hydrogen) atoms. The number of ether oxygens (including phenoxy) is 1. The Balaban J connectivity index is 1.89. The summed E-state index contributed by atoms with van der Waals surface area (Å²) in [5, 5.41) is 13.4. The Labute approximate surface area is 152 Å². The first-order valence-corrected chi connectivity index (χ1v) is 8.83. The maximum Gasteiger partial charge on any atom is 0.303 e. The molecule has 7 heteroatoms. The van der Waals surface area contributed by atoms with Gasteiger partial charge in [-0.15, -0.1) is 0 Å². The molecule has 1 aliphatic rings. The van der Waals surface area contributed by atoms with Gasteiger partial charge in [-0.3, -0.25) is 9.69 Å². The number of carboxylic acid groups (broad SMARTS) is 1. The quantitative estimate of drug-likeness (QED) is 0.857. The van der Waals surface area contributed by atoms with E-state index < -0.39 is 5.97 Å². The molecule has 1 aliphatic heterocycles. The molecule has 2 aromatic rings.